The Labute approximate surface area is 101 Å². The van der Waals surface area contributed by atoms with Crippen molar-refractivity contribution in [1.29, 1.82) is 5.26 Å². The Hall–Kier alpha value is -2.15. The highest BCUT2D eigenvalue weighted by molar-refractivity contribution is 5.23. The highest BCUT2D eigenvalue weighted by atomic mass is 15.4. The Morgan fingerprint density at radius 2 is 2.18 bits per heavy atom. The van der Waals surface area contributed by atoms with Gasteiger partial charge in [-0.2, -0.15) is 5.26 Å². The third-order valence-corrected chi connectivity index (χ3v) is 2.74. The summed E-state index contributed by atoms with van der Waals surface area (Å²) in [4.78, 5) is 0. The molecule has 86 valence electrons. The van der Waals surface area contributed by atoms with Gasteiger partial charge in [0.25, 0.3) is 0 Å². The third kappa shape index (κ3) is 2.51. The maximum Gasteiger partial charge on any atom is 0.0996 e. The molecule has 2 rings (SSSR count). The molecule has 17 heavy (non-hydrogen) atoms. The topological polar surface area (TPSA) is 54.5 Å². The fraction of sp³-hybridized carbons (Fsp3) is 0.308. The molecule has 0 aliphatic rings. The van der Waals surface area contributed by atoms with Crippen molar-refractivity contribution in [1.82, 2.24) is 15.0 Å². The zero-order valence-corrected chi connectivity index (χ0v) is 10.0. The zero-order chi connectivity index (χ0) is 12.3. The average Bonchev–Trinajstić information content (AvgIpc) is 2.62. The van der Waals surface area contributed by atoms with E-state index in [0.717, 1.165) is 11.4 Å². The molecule has 0 N–H and O–H groups in total. The van der Waals surface area contributed by atoms with Gasteiger partial charge in [0.2, 0.25) is 0 Å². The van der Waals surface area contributed by atoms with Gasteiger partial charge in [0.1, 0.15) is 0 Å². The van der Waals surface area contributed by atoms with Crippen LogP contribution in [0.2, 0.25) is 0 Å². The second kappa shape index (κ2) is 4.79. The largest absolute Gasteiger partial charge is 0.245 e. The predicted molar refractivity (Wildman–Crippen MR) is 64.4 cm³/mol. The Morgan fingerprint density at radius 3 is 2.88 bits per heavy atom. The number of rotatable bonds is 3. The molecule has 0 radical (unpaired) electrons. The standard InChI is InChI=1S/C13H14N4/c1-10-4-3-5-12(8-10)9-17-11(2)13(6-7-14)15-16-17/h3-5,8H,6,9H2,1-2H3. The molecule has 0 saturated carbocycles. The molecule has 0 bridgehead atoms. The molecule has 1 aromatic carbocycles. The summed E-state index contributed by atoms with van der Waals surface area (Å²) >= 11 is 0. The van der Waals surface area contributed by atoms with Crippen molar-refractivity contribution in [3.05, 3.63) is 46.8 Å². The van der Waals surface area contributed by atoms with Crippen molar-refractivity contribution in [3.63, 3.8) is 0 Å². The van der Waals surface area contributed by atoms with Crippen LogP contribution in [0.15, 0.2) is 24.3 Å². The van der Waals surface area contributed by atoms with Gasteiger partial charge in [0.05, 0.1) is 30.4 Å². The summed E-state index contributed by atoms with van der Waals surface area (Å²) in [6, 6.07) is 10.4. The molecular formula is C13H14N4. The molecule has 0 unspecified atom stereocenters. The van der Waals surface area contributed by atoms with E-state index in [9.17, 15) is 0 Å². The zero-order valence-electron chi connectivity index (χ0n) is 10.0. The minimum Gasteiger partial charge on any atom is -0.245 e. The fourth-order valence-corrected chi connectivity index (χ4v) is 1.77. The maximum atomic E-state index is 8.65. The minimum atomic E-state index is 0.319. The lowest BCUT2D eigenvalue weighted by Crippen LogP contribution is -2.04. The second-order valence-electron chi connectivity index (χ2n) is 4.10. The van der Waals surface area contributed by atoms with Crippen molar-refractivity contribution in [2.24, 2.45) is 0 Å². The summed E-state index contributed by atoms with van der Waals surface area (Å²) < 4.78 is 1.83. The van der Waals surface area contributed by atoms with Crippen LogP contribution in [0.1, 0.15) is 22.5 Å². The molecule has 0 spiro atoms. The molecule has 0 aliphatic heterocycles. The van der Waals surface area contributed by atoms with E-state index in [0.29, 0.717) is 13.0 Å². The molecule has 1 heterocycles. The number of hydrogen-bond donors (Lipinski definition) is 0. The first-order valence-electron chi connectivity index (χ1n) is 5.52. The highest BCUT2D eigenvalue weighted by Gasteiger charge is 2.08. The van der Waals surface area contributed by atoms with Gasteiger partial charge in [-0.1, -0.05) is 35.0 Å². The van der Waals surface area contributed by atoms with Crippen molar-refractivity contribution in [2.45, 2.75) is 26.8 Å². The van der Waals surface area contributed by atoms with Crippen LogP contribution in [-0.2, 0) is 13.0 Å². The monoisotopic (exact) mass is 226 g/mol. The Morgan fingerprint density at radius 1 is 1.35 bits per heavy atom. The van der Waals surface area contributed by atoms with E-state index in [-0.39, 0.29) is 0 Å². The van der Waals surface area contributed by atoms with Crippen molar-refractivity contribution < 1.29 is 0 Å². The summed E-state index contributed by atoms with van der Waals surface area (Å²) in [6.45, 7) is 4.72. The summed E-state index contributed by atoms with van der Waals surface area (Å²) in [7, 11) is 0. The minimum absolute atomic E-state index is 0.319. The Kier molecular flexibility index (Phi) is 3.20. The van der Waals surface area contributed by atoms with Crippen molar-refractivity contribution >= 4 is 0 Å². The number of benzene rings is 1. The number of nitrogens with zero attached hydrogens (tertiary/aromatic N) is 4. The van der Waals surface area contributed by atoms with Crippen LogP contribution in [0, 0.1) is 25.2 Å². The first-order valence-corrected chi connectivity index (χ1v) is 5.52. The summed E-state index contributed by atoms with van der Waals surface area (Å²) in [6.07, 6.45) is 0.319. The lowest BCUT2D eigenvalue weighted by atomic mass is 10.1. The van der Waals surface area contributed by atoms with E-state index in [1.807, 2.05) is 17.7 Å². The van der Waals surface area contributed by atoms with Crippen molar-refractivity contribution in [3.8, 4) is 6.07 Å². The van der Waals surface area contributed by atoms with Gasteiger partial charge in [-0.05, 0) is 19.4 Å². The molecule has 4 heteroatoms. The van der Waals surface area contributed by atoms with Crippen LogP contribution in [0.3, 0.4) is 0 Å². The smallest absolute Gasteiger partial charge is 0.0996 e. The molecule has 0 saturated heterocycles. The van der Waals surface area contributed by atoms with Crippen LogP contribution < -0.4 is 0 Å². The van der Waals surface area contributed by atoms with Crippen molar-refractivity contribution in [2.75, 3.05) is 0 Å². The van der Waals surface area contributed by atoms with Crippen LogP contribution >= 0.6 is 0 Å². The fourth-order valence-electron chi connectivity index (χ4n) is 1.77. The van der Waals surface area contributed by atoms with Crippen LogP contribution in [0.4, 0.5) is 0 Å². The molecule has 0 atom stereocenters. The van der Waals surface area contributed by atoms with Gasteiger partial charge in [0, 0.05) is 0 Å². The van der Waals surface area contributed by atoms with Gasteiger partial charge in [0.15, 0.2) is 0 Å². The van der Waals surface area contributed by atoms with Gasteiger partial charge in [-0.15, -0.1) is 5.10 Å². The number of aryl methyl sites for hydroxylation is 1. The Bertz CT molecular complexity index is 563. The normalized spacial score (nSPS) is 10.2. The average molecular weight is 226 g/mol. The number of nitriles is 1. The van der Waals surface area contributed by atoms with Crippen LogP contribution in [0.25, 0.3) is 0 Å². The quantitative estimate of drug-likeness (QED) is 0.804. The SMILES string of the molecule is Cc1cccc(Cn2nnc(CC#N)c2C)c1. The summed E-state index contributed by atoms with van der Waals surface area (Å²) in [5.41, 5.74) is 4.16. The van der Waals surface area contributed by atoms with Gasteiger partial charge in [-0.25, -0.2) is 4.68 Å². The van der Waals surface area contributed by atoms with E-state index >= 15 is 0 Å². The molecule has 0 aliphatic carbocycles. The maximum absolute atomic E-state index is 8.65. The number of hydrogen-bond acceptors (Lipinski definition) is 3. The Balaban J connectivity index is 2.22. The second-order valence-corrected chi connectivity index (χ2v) is 4.10. The van der Waals surface area contributed by atoms with E-state index in [1.165, 1.54) is 11.1 Å². The van der Waals surface area contributed by atoms with Gasteiger partial charge >= 0.3 is 0 Å². The van der Waals surface area contributed by atoms with E-state index < -0.39 is 0 Å². The first-order chi connectivity index (χ1) is 8.20. The van der Waals surface area contributed by atoms with Crippen LogP contribution in [-0.4, -0.2) is 15.0 Å². The predicted octanol–water partition coefficient (Wildman–Crippen LogP) is 2.01. The lowest BCUT2D eigenvalue weighted by Gasteiger charge is -2.04. The first kappa shape index (κ1) is 11.3. The summed E-state index contributed by atoms with van der Waals surface area (Å²) in [5.74, 6) is 0. The molecule has 1 aromatic heterocycles. The number of aromatic nitrogens is 3. The van der Waals surface area contributed by atoms with Gasteiger partial charge < -0.3 is 0 Å². The molecule has 0 amide bonds. The van der Waals surface area contributed by atoms with E-state index in [4.69, 9.17) is 5.26 Å². The lowest BCUT2D eigenvalue weighted by molar-refractivity contribution is 0.633. The molecular weight excluding hydrogens is 212 g/mol. The van der Waals surface area contributed by atoms with Gasteiger partial charge in [-0.3, -0.25) is 0 Å². The molecule has 0 fully saturated rings. The molecule has 4 nitrogen and oxygen atoms in total. The van der Waals surface area contributed by atoms with E-state index in [1.54, 1.807) is 0 Å². The summed E-state index contributed by atoms with van der Waals surface area (Å²) in [5, 5.41) is 16.7. The third-order valence-electron chi connectivity index (χ3n) is 2.74. The highest BCUT2D eigenvalue weighted by Crippen LogP contribution is 2.09. The van der Waals surface area contributed by atoms with E-state index in [2.05, 4.69) is 41.5 Å². The molecule has 2 aromatic rings. The van der Waals surface area contributed by atoms with Crippen LogP contribution in [0.5, 0.6) is 0 Å².